The van der Waals surface area contributed by atoms with Crippen molar-refractivity contribution in [3.8, 4) is 0 Å². The van der Waals surface area contributed by atoms with Crippen LogP contribution < -0.4 is 10.2 Å². The molecule has 2 aliphatic rings. The van der Waals surface area contributed by atoms with Crippen molar-refractivity contribution in [3.63, 3.8) is 0 Å². The maximum absolute atomic E-state index is 13.7. The Morgan fingerprint density at radius 1 is 1.45 bits per heavy atom. The summed E-state index contributed by atoms with van der Waals surface area (Å²) >= 11 is 3.01. The number of nitrogens with zero attached hydrogens (tertiary/aromatic N) is 2. The topological polar surface area (TPSA) is 58.4 Å². The van der Waals surface area contributed by atoms with Gasteiger partial charge in [0.1, 0.15) is 11.5 Å². The van der Waals surface area contributed by atoms with Crippen LogP contribution in [0.4, 0.5) is 15.8 Å². The largest absolute Gasteiger partial charge is 0.364 e. The van der Waals surface area contributed by atoms with E-state index in [1.807, 2.05) is 4.90 Å². The van der Waals surface area contributed by atoms with Crippen molar-refractivity contribution >= 4 is 27.3 Å². The van der Waals surface area contributed by atoms with E-state index < -0.39 is 10.7 Å². The van der Waals surface area contributed by atoms with Gasteiger partial charge in [0.2, 0.25) is 0 Å². The Morgan fingerprint density at radius 2 is 2.25 bits per heavy atom. The SMILES string of the molecule is O=[N+]([O-])c1cc(Br)c(F)cc1N1CC2CCCNC2C1. The Balaban J connectivity index is 1.93. The van der Waals surface area contributed by atoms with Crippen molar-refractivity contribution in [1.82, 2.24) is 5.32 Å². The number of hydrogen-bond acceptors (Lipinski definition) is 4. The molecule has 5 nitrogen and oxygen atoms in total. The first-order valence-electron chi connectivity index (χ1n) is 6.68. The minimum Gasteiger partial charge on any atom is -0.364 e. The van der Waals surface area contributed by atoms with Crippen LogP contribution in [0.25, 0.3) is 0 Å². The zero-order chi connectivity index (χ0) is 14.3. The smallest absolute Gasteiger partial charge is 0.293 e. The normalized spacial score (nSPS) is 25.6. The van der Waals surface area contributed by atoms with Crippen LogP contribution in [-0.2, 0) is 0 Å². The molecular weight excluding hydrogens is 329 g/mol. The van der Waals surface area contributed by atoms with Gasteiger partial charge in [-0.25, -0.2) is 4.39 Å². The number of halogens is 2. The molecule has 2 fully saturated rings. The van der Waals surface area contributed by atoms with Crippen molar-refractivity contribution in [2.75, 3.05) is 24.5 Å². The van der Waals surface area contributed by atoms with Crippen molar-refractivity contribution in [2.45, 2.75) is 18.9 Å². The summed E-state index contributed by atoms with van der Waals surface area (Å²) in [6.45, 7) is 2.44. The molecule has 108 valence electrons. The van der Waals surface area contributed by atoms with Crippen LogP contribution in [0, 0.1) is 21.8 Å². The number of nitrogens with one attached hydrogen (secondary N) is 1. The minimum absolute atomic E-state index is 0.0445. The zero-order valence-corrected chi connectivity index (χ0v) is 12.4. The summed E-state index contributed by atoms with van der Waals surface area (Å²) in [5.74, 6) is 0.0310. The van der Waals surface area contributed by atoms with Gasteiger partial charge in [0.25, 0.3) is 5.69 Å². The molecule has 0 spiro atoms. The highest BCUT2D eigenvalue weighted by atomic mass is 79.9. The summed E-state index contributed by atoms with van der Waals surface area (Å²) in [5, 5.41) is 14.6. The molecule has 0 aliphatic carbocycles. The predicted octanol–water partition coefficient (Wildman–Crippen LogP) is 2.68. The van der Waals surface area contributed by atoms with Crippen LogP contribution >= 0.6 is 15.9 Å². The molecule has 2 unspecified atom stereocenters. The lowest BCUT2D eigenvalue weighted by Gasteiger charge is -2.24. The third kappa shape index (κ3) is 2.40. The summed E-state index contributed by atoms with van der Waals surface area (Å²) in [7, 11) is 0. The van der Waals surface area contributed by atoms with Crippen molar-refractivity contribution in [1.29, 1.82) is 0 Å². The highest BCUT2D eigenvalue weighted by molar-refractivity contribution is 9.10. The average Bonchev–Trinajstić information content (AvgIpc) is 2.84. The molecule has 2 atom stereocenters. The first-order valence-corrected chi connectivity index (χ1v) is 7.47. The number of piperidine rings is 1. The number of hydrogen-bond donors (Lipinski definition) is 1. The number of rotatable bonds is 2. The highest BCUT2D eigenvalue weighted by Crippen LogP contribution is 2.37. The van der Waals surface area contributed by atoms with Gasteiger partial charge in [-0.05, 0) is 41.2 Å². The van der Waals surface area contributed by atoms with Crippen LogP contribution in [0.3, 0.4) is 0 Å². The van der Waals surface area contributed by atoms with Crippen LogP contribution in [0.15, 0.2) is 16.6 Å². The van der Waals surface area contributed by atoms with Crippen LogP contribution in [-0.4, -0.2) is 30.6 Å². The summed E-state index contributed by atoms with van der Waals surface area (Å²) in [6.07, 6.45) is 2.26. The second-order valence-electron chi connectivity index (χ2n) is 5.38. The molecule has 0 amide bonds. The van der Waals surface area contributed by atoms with E-state index >= 15 is 0 Å². The fourth-order valence-corrected chi connectivity index (χ4v) is 3.50. The molecule has 0 aromatic heterocycles. The van der Waals surface area contributed by atoms with Gasteiger partial charge in [-0.3, -0.25) is 10.1 Å². The maximum atomic E-state index is 13.7. The van der Waals surface area contributed by atoms with Crippen molar-refractivity contribution in [2.24, 2.45) is 5.92 Å². The van der Waals surface area contributed by atoms with Crippen LogP contribution in [0.2, 0.25) is 0 Å². The lowest BCUT2D eigenvalue weighted by atomic mass is 9.94. The van der Waals surface area contributed by atoms with E-state index in [-0.39, 0.29) is 10.2 Å². The number of nitro benzene ring substituents is 1. The Kier molecular flexibility index (Phi) is 3.64. The quantitative estimate of drug-likeness (QED) is 0.662. The molecule has 20 heavy (non-hydrogen) atoms. The maximum Gasteiger partial charge on any atom is 0.293 e. The Morgan fingerprint density at radius 3 is 2.95 bits per heavy atom. The van der Waals surface area contributed by atoms with E-state index in [4.69, 9.17) is 0 Å². The summed E-state index contributed by atoms with van der Waals surface area (Å²) in [6, 6.07) is 2.87. The Hall–Kier alpha value is -1.21. The van der Waals surface area contributed by atoms with E-state index in [9.17, 15) is 14.5 Å². The molecule has 1 aromatic carbocycles. The summed E-state index contributed by atoms with van der Waals surface area (Å²) < 4.78 is 13.9. The van der Waals surface area contributed by atoms with Crippen molar-refractivity contribution < 1.29 is 9.31 Å². The molecule has 1 aromatic rings. The van der Waals surface area contributed by atoms with Crippen LogP contribution in [0.1, 0.15) is 12.8 Å². The highest BCUT2D eigenvalue weighted by Gasteiger charge is 2.36. The lowest BCUT2D eigenvalue weighted by Crippen LogP contribution is -2.40. The molecule has 0 saturated carbocycles. The Labute approximate surface area is 124 Å². The summed E-state index contributed by atoms with van der Waals surface area (Å²) in [5.41, 5.74) is 0.337. The second kappa shape index (κ2) is 5.29. The summed E-state index contributed by atoms with van der Waals surface area (Å²) in [4.78, 5) is 12.7. The van der Waals surface area contributed by atoms with Gasteiger partial charge in [0.15, 0.2) is 0 Å². The van der Waals surface area contributed by atoms with E-state index in [1.165, 1.54) is 12.1 Å². The van der Waals surface area contributed by atoms with Gasteiger partial charge in [-0.1, -0.05) is 0 Å². The van der Waals surface area contributed by atoms with Gasteiger partial charge >= 0.3 is 0 Å². The van der Waals surface area contributed by atoms with E-state index in [0.29, 0.717) is 24.2 Å². The van der Waals surface area contributed by atoms with Crippen molar-refractivity contribution in [3.05, 3.63) is 32.5 Å². The molecule has 1 N–H and O–H groups in total. The fraction of sp³-hybridized carbons (Fsp3) is 0.538. The van der Waals surface area contributed by atoms with E-state index in [1.54, 1.807) is 0 Å². The molecule has 0 bridgehead atoms. The number of anilines is 1. The minimum atomic E-state index is -0.464. The van der Waals surface area contributed by atoms with Gasteiger partial charge in [-0.15, -0.1) is 0 Å². The molecule has 3 rings (SSSR count). The number of nitro groups is 1. The van der Waals surface area contributed by atoms with E-state index in [2.05, 4.69) is 21.2 Å². The third-order valence-electron chi connectivity index (χ3n) is 4.15. The molecule has 0 radical (unpaired) electrons. The van der Waals surface area contributed by atoms with Gasteiger partial charge < -0.3 is 10.2 Å². The molecular formula is C13H15BrFN3O2. The standard InChI is InChI=1S/C13H15BrFN3O2/c14-9-4-13(18(19)20)12(5-10(9)15)17-6-8-2-1-3-16-11(8)7-17/h4-5,8,11,16H,1-3,6-7H2. The third-order valence-corrected chi connectivity index (χ3v) is 4.76. The number of fused-ring (bicyclic) bond motifs is 1. The van der Waals surface area contributed by atoms with E-state index in [0.717, 1.165) is 25.9 Å². The first-order chi connectivity index (χ1) is 9.56. The first kappa shape index (κ1) is 13.8. The molecule has 2 heterocycles. The molecule has 7 heteroatoms. The predicted molar refractivity (Wildman–Crippen MR) is 77.5 cm³/mol. The molecule has 2 aliphatic heterocycles. The monoisotopic (exact) mass is 343 g/mol. The lowest BCUT2D eigenvalue weighted by molar-refractivity contribution is -0.384. The average molecular weight is 344 g/mol. The van der Waals surface area contributed by atoms with Gasteiger partial charge in [0, 0.05) is 31.3 Å². The zero-order valence-electron chi connectivity index (χ0n) is 10.8. The molecule has 2 saturated heterocycles. The van der Waals surface area contributed by atoms with Gasteiger partial charge in [-0.2, -0.15) is 0 Å². The fourth-order valence-electron chi connectivity index (χ4n) is 3.17. The Bertz CT molecular complexity index is 541. The van der Waals surface area contributed by atoms with Gasteiger partial charge in [0.05, 0.1) is 9.40 Å². The number of benzene rings is 1. The van der Waals surface area contributed by atoms with Crippen LogP contribution in [0.5, 0.6) is 0 Å². The second-order valence-corrected chi connectivity index (χ2v) is 6.23.